The van der Waals surface area contributed by atoms with Gasteiger partial charge in [0, 0.05) is 12.8 Å². The summed E-state index contributed by atoms with van der Waals surface area (Å²) in [6.07, 6.45) is 84.2. The summed E-state index contributed by atoms with van der Waals surface area (Å²) in [5.41, 5.74) is 0. The number of allylic oxidation sites excluding steroid dienone is 13. The third kappa shape index (κ3) is 63.7. The molecule has 0 heterocycles. The second kappa shape index (κ2) is 63.2. The lowest BCUT2D eigenvalue weighted by molar-refractivity contribution is -0.870. The number of phosphoric acid groups is 1. The zero-order valence-corrected chi connectivity index (χ0v) is 56.7. The summed E-state index contributed by atoms with van der Waals surface area (Å²) in [5.74, 6) is -0.549. The minimum atomic E-state index is -4.71. The number of esters is 1. The van der Waals surface area contributed by atoms with Crippen LogP contribution in [0.5, 0.6) is 0 Å². The Kier molecular flexibility index (Phi) is 61.1. The highest BCUT2D eigenvalue weighted by atomic mass is 31.2. The Labute approximate surface area is 520 Å². The first-order valence-corrected chi connectivity index (χ1v) is 36.9. The van der Waals surface area contributed by atoms with E-state index in [0.717, 1.165) is 116 Å². The number of quaternary nitrogens is 1. The first-order valence-electron chi connectivity index (χ1n) is 35.4. The number of hydrogen-bond donors (Lipinski definition) is 1. The van der Waals surface area contributed by atoms with Gasteiger partial charge in [-0.05, 0) is 83.1 Å². The van der Waals surface area contributed by atoms with Gasteiger partial charge < -0.3 is 28.5 Å². The SMILES string of the molecule is CC/C=C\C/C=C\C/C=C\C/C=C\C/C=C\C/C=C\CCCCCCCCC(=O)OC(/C=C/CCCCCCCCCCCC)C(COP(=O)([O-])OCC[N+](C)(C)C)NC(=O)CCCCCCCCCCCCCCCCCCCCCCC. The van der Waals surface area contributed by atoms with Crippen LogP contribution in [0.4, 0.5) is 0 Å². The van der Waals surface area contributed by atoms with E-state index in [1.807, 2.05) is 33.3 Å². The molecule has 0 aliphatic carbocycles. The van der Waals surface area contributed by atoms with Gasteiger partial charge in [0.25, 0.3) is 7.82 Å². The molecule has 3 unspecified atom stereocenters. The van der Waals surface area contributed by atoms with E-state index in [9.17, 15) is 19.0 Å². The molecule has 0 aromatic heterocycles. The molecule has 0 aliphatic rings. The van der Waals surface area contributed by atoms with Gasteiger partial charge in [0.1, 0.15) is 19.3 Å². The van der Waals surface area contributed by atoms with Crippen molar-refractivity contribution in [3.05, 3.63) is 85.1 Å². The van der Waals surface area contributed by atoms with Crippen LogP contribution in [-0.4, -0.2) is 69.4 Å². The number of likely N-dealkylation sites (N-methyl/N-ethyl adjacent to an activating group) is 1. The van der Waals surface area contributed by atoms with Crippen LogP contribution in [0, 0.1) is 0 Å². The van der Waals surface area contributed by atoms with Crippen LogP contribution >= 0.6 is 7.82 Å². The lowest BCUT2D eigenvalue weighted by atomic mass is 10.0. The van der Waals surface area contributed by atoms with Gasteiger partial charge in [0.15, 0.2) is 0 Å². The third-order valence-corrected chi connectivity index (χ3v) is 16.6. The molecule has 0 saturated heterocycles. The van der Waals surface area contributed by atoms with Crippen LogP contribution in [0.15, 0.2) is 85.1 Å². The Morgan fingerprint density at radius 2 is 0.762 bits per heavy atom. The Morgan fingerprint density at radius 1 is 0.429 bits per heavy atom. The van der Waals surface area contributed by atoms with Gasteiger partial charge in [-0.25, -0.2) is 0 Å². The molecule has 0 saturated carbocycles. The predicted octanol–water partition coefficient (Wildman–Crippen LogP) is 21.9. The minimum Gasteiger partial charge on any atom is -0.756 e. The quantitative estimate of drug-likeness (QED) is 0.0212. The van der Waals surface area contributed by atoms with Gasteiger partial charge in [-0.2, -0.15) is 0 Å². The number of nitrogens with zero attached hydrogens (tertiary/aromatic N) is 1. The molecule has 0 aromatic carbocycles. The predicted molar refractivity (Wildman–Crippen MR) is 362 cm³/mol. The van der Waals surface area contributed by atoms with Crippen molar-refractivity contribution in [1.82, 2.24) is 5.32 Å². The molecule has 0 fully saturated rings. The molecule has 0 rings (SSSR count). The second-order valence-corrected chi connectivity index (χ2v) is 26.4. The van der Waals surface area contributed by atoms with Crippen LogP contribution in [-0.2, 0) is 27.9 Å². The fourth-order valence-corrected chi connectivity index (χ4v) is 10.9. The average molecular weight is 1200 g/mol. The first kappa shape index (κ1) is 81.2. The van der Waals surface area contributed by atoms with Crippen molar-refractivity contribution in [3.8, 4) is 0 Å². The Hall–Kier alpha value is -2.81. The van der Waals surface area contributed by atoms with Crippen LogP contribution < -0.4 is 10.2 Å². The summed E-state index contributed by atoms with van der Waals surface area (Å²) in [7, 11) is 1.18. The van der Waals surface area contributed by atoms with Crippen LogP contribution in [0.1, 0.15) is 323 Å². The minimum absolute atomic E-state index is 0.0264. The number of hydrogen-bond acceptors (Lipinski definition) is 7. The molecule has 0 radical (unpaired) electrons. The number of ether oxygens (including phenoxy) is 1. The Balaban J connectivity index is 5.12. The molecule has 0 spiro atoms. The van der Waals surface area contributed by atoms with Gasteiger partial charge in [-0.1, -0.05) is 312 Å². The first-order chi connectivity index (χ1) is 40.9. The number of carbonyl (C=O) groups is 2. The number of unbranched alkanes of at least 4 members (excludes halogenated alkanes) is 36. The molecule has 488 valence electrons. The highest BCUT2D eigenvalue weighted by molar-refractivity contribution is 7.45. The average Bonchev–Trinajstić information content (AvgIpc) is 3.64. The zero-order chi connectivity index (χ0) is 61.4. The van der Waals surface area contributed by atoms with E-state index < -0.39 is 26.6 Å². The molecule has 84 heavy (non-hydrogen) atoms. The molecule has 0 aliphatic heterocycles. The number of carbonyl (C=O) groups excluding carboxylic acids is 2. The van der Waals surface area contributed by atoms with Crippen LogP contribution in [0.2, 0.25) is 0 Å². The lowest BCUT2D eigenvalue weighted by Gasteiger charge is -2.30. The van der Waals surface area contributed by atoms with Gasteiger partial charge in [-0.15, -0.1) is 0 Å². The van der Waals surface area contributed by atoms with Crippen molar-refractivity contribution in [2.45, 2.75) is 335 Å². The van der Waals surface area contributed by atoms with E-state index in [4.69, 9.17) is 13.8 Å². The largest absolute Gasteiger partial charge is 0.756 e. The van der Waals surface area contributed by atoms with E-state index in [2.05, 4.69) is 99.0 Å². The van der Waals surface area contributed by atoms with Gasteiger partial charge in [-0.3, -0.25) is 14.2 Å². The van der Waals surface area contributed by atoms with E-state index in [-0.39, 0.29) is 24.9 Å². The summed E-state index contributed by atoms with van der Waals surface area (Å²) >= 11 is 0. The van der Waals surface area contributed by atoms with Crippen molar-refractivity contribution in [1.29, 1.82) is 0 Å². The monoisotopic (exact) mass is 1200 g/mol. The van der Waals surface area contributed by atoms with Gasteiger partial charge >= 0.3 is 5.97 Å². The third-order valence-electron chi connectivity index (χ3n) is 15.6. The molecular formula is C74H135N2O7P. The summed E-state index contributed by atoms with van der Waals surface area (Å²) in [6.45, 7) is 6.75. The lowest BCUT2D eigenvalue weighted by Crippen LogP contribution is -2.47. The van der Waals surface area contributed by atoms with Crippen molar-refractivity contribution >= 4 is 19.7 Å². The molecule has 0 bridgehead atoms. The maximum Gasteiger partial charge on any atom is 0.306 e. The fourth-order valence-electron chi connectivity index (χ4n) is 10.2. The van der Waals surface area contributed by atoms with Crippen molar-refractivity contribution in [2.24, 2.45) is 0 Å². The van der Waals surface area contributed by atoms with Gasteiger partial charge in [0.2, 0.25) is 5.91 Å². The number of rotatable bonds is 64. The van der Waals surface area contributed by atoms with Crippen LogP contribution in [0.3, 0.4) is 0 Å². The molecule has 1 amide bonds. The molecule has 0 aromatic rings. The highest BCUT2D eigenvalue weighted by Crippen LogP contribution is 2.38. The molecule has 10 heteroatoms. The Morgan fingerprint density at radius 3 is 1.14 bits per heavy atom. The van der Waals surface area contributed by atoms with E-state index in [1.165, 1.54) is 167 Å². The summed E-state index contributed by atoms with van der Waals surface area (Å²) in [6, 6.07) is -0.897. The van der Waals surface area contributed by atoms with Crippen LogP contribution in [0.25, 0.3) is 0 Å². The normalized spacial score (nSPS) is 14.0. The maximum atomic E-state index is 13.6. The molecular weight excluding hydrogens is 1060 g/mol. The van der Waals surface area contributed by atoms with E-state index in [0.29, 0.717) is 23.9 Å². The fraction of sp³-hybridized carbons (Fsp3) is 0.784. The molecule has 3 atom stereocenters. The maximum absolute atomic E-state index is 13.6. The van der Waals surface area contributed by atoms with E-state index >= 15 is 0 Å². The highest BCUT2D eigenvalue weighted by Gasteiger charge is 2.27. The van der Waals surface area contributed by atoms with Crippen molar-refractivity contribution < 1.29 is 37.3 Å². The van der Waals surface area contributed by atoms with Crippen molar-refractivity contribution in [3.63, 3.8) is 0 Å². The Bertz CT molecular complexity index is 1710. The van der Waals surface area contributed by atoms with E-state index in [1.54, 1.807) is 0 Å². The second-order valence-electron chi connectivity index (χ2n) is 25.0. The number of nitrogens with one attached hydrogen (secondary N) is 1. The zero-order valence-electron chi connectivity index (χ0n) is 55.8. The van der Waals surface area contributed by atoms with Crippen molar-refractivity contribution in [2.75, 3.05) is 40.9 Å². The van der Waals surface area contributed by atoms with Gasteiger partial charge in [0.05, 0.1) is 33.8 Å². The number of amides is 1. The number of phosphoric ester groups is 1. The molecule has 9 nitrogen and oxygen atoms in total. The summed E-state index contributed by atoms with van der Waals surface area (Å²) < 4.78 is 30.4. The standard InChI is InChI=1S/C74H135N2O7P/c1-7-10-13-16-19-22-25-28-30-32-34-36-37-38-39-41-43-45-47-49-52-55-58-61-64-67-74(78)83-72(65-62-59-56-53-50-27-24-21-18-15-12-9-3)71(70-82-84(79,80)81-69-68-76(4,5)6)75-73(77)66-63-60-57-54-51-48-46-44-42-40-35-33-31-29-26-23-20-17-14-11-8-2/h10,13,19,22,28,30,34,36,38-39,43,45,62,65,71-72H,7-9,11-12,14-18,20-21,23-27,29,31-33,35,37,40-42,44,46-61,63-64,66-70H2,1-6H3,(H-,75,77,79,80)/b13-10-,22-19-,30-28-,36-34-,39-38-,45-43-,65-62+. The summed E-state index contributed by atoms with van der Waals surface area (Å²) in [4.78, 5) is 40.2. The smallest absolute Gasteiger partial charge is 0.306 e. The topological polar surface area (TPSA) is 114 Å². The summed E-state index contributed by atoms with van der Waals surface area (Å²) in [5, 5.41) is 3.04. The molecule has 1 N–H and O–H groups in total.